The van der Waals surface area contributed by atoms with Gasteiger partial charge in [0, 0.05) is 11.1 Å². The smallest absolute Gasteiger partial charge is 0.122 e. The minimum atomic E-state index is 0.704. The summed E-state index contributed by atoms with van der Waals surface area (Å²) in [6, 6.07) is 4.15. The van der Waals surface area contributed by atoms with Crippen LogP contribution in [0.4, 0.5) is 0 Å². The fraction of sp³-hybridized carbons (Fsp3) is 0.500. The van der Waals surface area contributed by atoms with E-state index >= 15 is 0 Å². The van der Waals surface area contributed by atoms with E-state index in [1.807, 2.05) is 0 Å². The van der Waals surface area contributed by atoms with E-state index in [4.69, 9.17) is 9.47 Å². The topological polar surface area (TPSA) is 18.5 Å². The minimum Gasteiger partial charge on any atom is -0.496 e. The van der Waals surface area contributed by atoms with Crippen molar-refractivity contribution >= 4 is 0 Å². The van der Waals surface area contributed by atoms with Gasteiger partial charge < -0.3 is 9.47 Å². The predicted octanol–water partition coefficient (Wildman–Crippen LogP) is 2.95. The summed E-state index contributed by atoms with van der Waals surface area (Å²) in [5, 5.41) is 0. The minimum absolute atomic E-state index is 0.704. The highest BCUT2D eigenvalue weighted by molar-refractivity contribution is 5.63. The Balaban J connectivity index is 1.77. The summed E-state index contributed by atoms with van der Waals surface area (Å²) in [6.07, 6.45) is 4.83. The Hall–Kier alpha value is -1.44. The van der Waals surface area contributed by atoms with Crippen LogP contribution >= 0.6 is 0 Å². The highest BCUT2D eigenvalue weighted by Gasteiger charge is 2.73. The third-order valence-corrected chi connectivity index (χ3v) is 5.72. The summed E-state index contributed by atoms with van der Waals surface area (Å²) < 4.78 is 11.2. The number of rotatable bonds is 2. The van der Waals surface area contributed by atoms with E-state index in [1.165, 1.54) is 11.1 Å². The van der Waals surface area contributed by atoms with Gasteiger partial charge >= 0.3 is 0 Å². The van der Waals surface area contributed by atoms with Crippen molar-refractivity contribution in [2.75, 3.05) is 14.2 Å². The van der Waals surface area contributed by atoms with E-state index in [1.54, 1.807) is 14.2 Å². The van der Waals surface area contributed by atoms with Gasteiger partial charge in [0.1, 0.15) is 11.5 Å². The highest BCUT2D eigenvalue weighted by Crippen LogP contribution is 2.81. The second-order valence-electron chi connectivity index (χ2n) is 6.04. The van der Waals surface area contributed by atoms with Crippen LogP contribution in [-0.4, -0.2) is 14.2 Å². The largest absolute Gasteiger partial charge is 0.496 e. The number of hydrogen-bond donors (Lipinski definition) is 0. The monoisotopic (exact) mass is 240 g/mol. The molecule has 5 rings (SSSR count). The quantitative estimate of drug-likeness (QED) is 0.740. The summed E-state index contributed by atoms with van der Waals surface area (Å²) in [5.74, 6) is 6.99. The summed E-state index contributed by atoms with van der Waals surface area (Å²) >= 11 is 0. The van der Waals surface area contributed by atoms with Gasteiger partial charge in [-0.15, -0.1) is 0 Å². The van der Waals surface area contributed by atoms with Crippen LogP contribution in [0.1, 0.15) is 23.0 Å². The molecule has 4 aliphatic rings. The molecule has 0 radical (unpaired) electrons. The molecule has 0 N–H and O–H groups in total. The summed E-state index contributed by atoms with van der Waals surface area (Å²) in [6.45, 7) is 0. The predicted molar refractivity (Wildman–Crippen MR) is 68.1 cm³/mol. The first-order valence-corrected chi connectivity index (χ1v) is 6.80. The van der Waals surface area contributed by atoms with Crippen molar-refractivity contribution in [1.29, 1.82) is 0 Å². The molecule has 0 saturated heterocycles. The lowest BCUT2D eigenvalue weighted by Crippen LogP contribution is -2.20. The molecule has 18 heavy (non-hydrogen) atoms. The first kappa shape index (κ1) is 9.48. The van der Waals surface area contributed by atoms with Crippen molar-refractivity contribution in [2.45, 2.75) is 11.8 Å². The number of fused-ring (bicyclic) bond motifs is 7. The molecular formula is C16H16O2. The van der Waals surface area contributed by atoms with E-state index in [-0.39, 0.29) is 0 Å². The maximum atomic E-state index is 5.60. The molecule has 2 fully saturated rings. The second kappa shape index (κ2) is 2.76. The third-order valence-electron chi connectivity index (χ3n) is 5.72. The Morgan fingerprint density at radius 1 is 0.778 bits per heavy atom. The number of benzene rings is 1. The number of ether oxygens (including phenoxy) is 2. The zero-order valence-corrected chi connectivity index (χ0v) is 10.6. The average molecular weight is 240 g/mol. The van der Waals surface area contributed by atoms with Gasteiger partial charge in [-0.3, -0.25) is 0 Å². The third kappa shape index (κ3) is 0.781. The molecule has 2 saturated carbocycles. The van der Waals surface area contributed by atoms with Gasteiger partial charge in [0.25, 0.3) is 0 Å². The molecule has 0 unspecified atom stereocenters. The molecule has 0 heterocycles. The molecule has 2 nitrogen and oxygen atoms in total. The summed E-state index contributed by atoms with van der Waals surface area (Å²) in [4.78, 5) is 0. The van der Waals surface area contributed by atoms with Crippen molar-refractivity contribution in [1.82, 2.24) is 0 Å². The Kier molecular flexibility index (Phi) is 1.46. The van der Waals surface area contributed by atoms with Crippen LogP contribution in [0.15, 0.2) is 24.3 Å². The van der Waals surface area contributed by atoms with Crippen LogP contribution < -0.4 is 9.47 Å². The van der Waals surface area contributed by atoms with Crippen LogP contribution in [-0.2, 0) is 0 Å². The van der Waals surface area contributed by atoms with E-state index < -0.39 is 0 Å². The standard InChI is InChI=1S/C16H16O2/c1-17-9-5-6-10(18-2)14-13(9)11-7-3-4-8(7)12-15(11)16(12)14/h3-8,11-12,15-16H,1-2H3/t7-,8+,11-,12+,15+,16+/m1/s1. The molecule has 2 heteroatoms. The molecule has 0 bridgehead atoms. The molecule has 0 amide bonds. The SMILES string of the molecule is COc1ccc(OC)c2c1[C@H]1[C@@H]3C=C[C@@H]3[C@@H]3[C@@H]2[C@@H]13. The molecule has 1 aromatic rings. The second-order valence-corrected chi connectivity index (χ2v) is 6.04. The maximum absolute atomic E-state index is 5.60. The van der Waals surface area contributed by atoms with E-state index in [0.717, 1.165) is 41.1 Å². The van der Waals surface area contributed by atoms with E-state index in [2.05, 4.69) is 24.3 Å². The van der Waals surface area contributed by atoms with Gasteiger partial charge in [-0.05, 0) is 47.6 Å². The molecule has 0 aliphatic heterocycles. The summed E-state index contributed by atoms with van der Waals surface area (Å²) in [7, 11) is 3.57. The van der Waals surface area contributed by atoms with Crippen molar-refractivity contribution in [3.63, 3.8) is 0 Å². The van der Waals surface area contributed by atoms with Crippen molar-refractivity contribution in [3.8, 4) is 11.5 Å². The van der Waals surface area contributed by atoms with Gasteiger partial charge in [-0.2, -0.15) is 0 Å². The number of methoxy groups -OCH3 is 2. The molecule has 0 aromatic heterocycles. The average Bonchev–Trinajstić information content (AvgIpc) is 2.89. The lowest BCUT2D eigenvalue weighted by Gasteiger charge is -2.29. The Bertz CT molecular complexity index is 589. The highest BCUT2D eigenvalue weighted by atomic mass is 16.5. The zero-order chi connectivity index (χ0) is 12.0. The van der Waals surface area contributed by atoms with Crippen LogP contribution in [0.5, 0.6) is 11.5 Å². The van der Waals surface area contributed by atoms with Gasteiger partial charge in [0.2, 0.25) is 0 Å². The first-order valence-electron chi connectivity index (χ1n) is 6.80. The zero-order valence-electron chi connectivity index (χ0n) is 10.6. The molecule has 4 aliphatic carbocycles. The molecule has 1 aromatic carbocycles. The van der Waals surface area contributed by atoms with Crippen LogP contribution in [0.25, 0.3) is 0 Å². The fourth-order valence-electron chi connectivity index (χ4n) is 5.10. The molecule has 92 valence electrons. The van der Waals surface area contributed by atoms with Gasteiger partial charge in [-0.25, -0.2) is 0 Å². The van der Waals surface area contributed by atoms with Gasteiger partial charge in [-0.1, -0.05) is 12.2 Å². The normalized spacial score (nSPS) is 43.9. The van der Waals surface area contributed by atoms with E-state index in [9.17, 15) is 0 Å². The molecule has 0 spiro atoms. The maximum Gasteiger partial charge on any atom is 0.122 e. The Morgan fingerprint density at radius 3 is 1.94 bits per heavy atom. The Labute approximate surface area is 107 Å². The van der Waals surface area contributed by atoms with Crippen molar-refractivity contribution < 1.29 is 9.47 Å². The lowest BCUT2D eigenvalue weighted by molar-refractivity contribution is 0.378. The van der Waals surface area contributed by atoms with Crippen molar-refractivity contribution in [3.05, 3.63) is 35.4 Å². The lowest BCUT2D eigenvalue weighted by atomic mass is 9.76. The van der Waals surface area contributed by atoms with E-state index in [0.29, 0.717) is 5.92 Å². The fourth-order valence-corrected chi connectivity index (χ4v) is 5.10. The number of hydrogen-bond acceptors (Lipinski definition) is 2. The Morgan fingerprint density at radius 2 is 1.39 bits per heavy atom. The van der Waals surface area contributed by atoms with Gasteiger partial charge in [0.05, 0.1) is 14.2 Å². The van der Waals surface area contributed by atoms with Crippen LogP contribution in [0.2, 0.25) is 0 Å². The van der Waals surface area contributed by atoms with Crippen LogP contribution in [0, 0.1) is 23.7 Å². The first-order chi connectivity index (χ1) is 8.86. The molecular weight excluding hydrogens is 224 g/mol. The van der Waals surface area contributed by atoms with Crippen molar-refractivity contribution in [2.24, 2.45) is 23.7 Å². The van der Waals surface area contributed by atoms with Crippen LogP contribution in [0.3, 0.4) is 0 Å². The summed E-state index contributed by atoms with van der Waals surface area (Å²) in [5.41, 5.74) is 2.92. The number of allylic oxidation sites excluding steroid dienone is 2. The molecule has 6 atom stereocenters. The van der Waals surface area contributed by atoms with Gasteiger partial charge in [0.15, 0.2) is 0 Å².